The van der Waals surface area contributed by atoms with E-state index in [2.05, 4.69) is 10.2 Å². The number of aromatic nitrogens is 2. The van der Waals surface area contributed by atoms with Gasteiger partial charge in [0.15, 0.2) is 5.15 Å². The highest BCUT2D eigenvalue weighted by molar-refractivity contribution is 7.94. The number of nitrogens with zero attached hydrogens (tertiary/aromatic N) is 2. The van der Waals surface area contributed by atoms with Gasteiger partial charge in [-0.05, 0) is 12.1 Å². The van der Waals surface area contributed by atoms with Crippen LogP contribution < -0.4 is 0 Å². The van der Waals surface area contributed by atoms with Gasteiger partial charge in [0.1, 0.15) is 5.03 Å². The van der Waals surface area contributed by atoms with Crippen molar-refractivity contribution in [2.24, 2.45) is 0 Å². The maximum Gasteiger partial charge on any atom is 0.151 e. The van der Waals surface area contributed by atoms with E-state index in [1.807, 2.05) is 0 Å². The van der Waals surface area contributed by atoms with E-state index in [9.17, 15) is 0 Å². The largest absolute Gasteiger partial charge is 0.312 e. The maximum atomic E-state index is 5.49. The molecule has 0 aromatic carbocycles. The lowest BCUT2D eigenvalue weighted by Crippen LogP contribution is -1.83. The Kier molecular flexibility index (Phi) is 2.92. The Balaban J connectivity index is 2.69. The van der Waals surface area contributed by atoms with Crippen LogP contribution in [0.2, 0.25) is 5.15 Å². The lowest BCUT2D eigenvalue weighted by molar-refractivity contribution is 0.487. The van der Waals surface area contributed by atoms with Gasteiger partial charge in [0.25, 0.3) is 0 Å². The Morgan fingerprint density at radius 2 is 2.30 bits per heavy atom. The summed E-state index contributed by atoms with van der Waals surface area (Å²) in [6.07, 6.45) is 0. The molecule has 1 rings (SSSR count). The highest BCUT2D eigenvalue weighted by atomic mass is 35.5. The Hall–Kier alpha value is -0.320. The van der Waals surface area contributed by atoms with Crippen molar-refractivity contribution in [3.05, 3.63) is 17.3 Å². The topological polar surface area (TPSA) is 35.0 Å². The van der Waals surface area contributed by atoms with Gasteiger partial charge in [-0.3, -0.25) is 0 Å². The van der Waals surface area contributed by atoms with Crippen LogP contribution in [0, 0.1) is 0 Å². The van der Waals surface area contributed by atoms with Gasteiger partial charge in [-0.25, -0.2) is 0 Å². The van der Waals surface area contributed by atoms with Gasteiger partial charge < -0.3 is 4.18 Å². The van der Waals surface area contributed by atoms with Crippen molar-refractivity contribution in [2.45, 2.75) is 5.03 Å². The molecule has 54 valence electrons. The first-order valence-electron chi connectivity index (χ1n) is 2.53. The normalized spacial score (nSPS) is 9.80. The summed E-state index contributed by atoms with van der Waals surface area (Å²) in [5.41, 5.74) is 0. The predicted molar refractivity (Wildman–Crippen MR) is 39.9 cm³/mol. The molecular weight excluding hydrogens is 172 g/mol. The summed E-state index contributed by atoms with van der Waals surface area (Å²) >= 11 is 6.64. The van der Waals surface area contributed by atoms with Crippen LogP contribution in [0.4, 0.5) is 0 Å². The molecule has 0 aliphatic rings. The molecule has 1 aromatic heterocycles. The molecule has 0 fully saturated rings. The van der Waals surface area contributed by atoms with Crippen molar-refractivity contribution in [1.82, 2.24) is 10.2 Å². The van der Waals surface area contributed by atoms with Crippen LogP contribution in [0.3, 0.4) is 0 Å². The summed E-state index contributed by atoms with van der Waals surface area (Å²) < 4.78 is 4.74. The molecule has 3 nitrogen and oxygen atoms in total. The number of hydrogen-bond acceptors (Lipinski definition) is 4. The van der Waals surface area contributed by atoms with Crippen LogP contribution in [-0.4, -0.2) is 17.3 Å². The van der Waals surface area contributed by atoms with Gasteiger partial charge in [0.2, 0.25) is 0 Å². The Bertz CT molecular complexity index is 203. The second-order valence-electron chi connectivity index (χ2n) is 1.44. The molecule has 0 radical (unpaired) electrons. The third-order valence-corrected chi connectivity index (χ3v) is 1.53. The van der Waals surface area contributed by atoms with E-state index in [4.69, 9.17) is 15.8 Å². The fourth-order valence-corrected chi connectivity index (χ4v) is 0.903. The molecule has 1 aromatic rings. The van der Waals surface area contributed by atoms with Crippen LogP contribution in [0.15, 0.2) is 17.2 Å². The van der Waals surface area contributed by atoms with E-state index in [0.29, 0.717) is 10.2 Å². The molecule has 0 N–H and O–H groups in total. The van der Waals surface area contributed by atoms with Crippen LogP contribution in [0.25, 0.3) is 0 Å². The molecule has 0 bridgehead atoms. The fraction of sp³-hybridized carbons (Fsp3) is 0.200. The summed E-state index contributed by atoms with van der Waals surface area (Å²) in [4.78, 5) is 0. The van der Waals surface area contributed by atoms with Gasteiger partial charge in [0, 0.05) is 0 Å². The fourth-order valence-electron chi connectivity index (χ4n) is 0.434. The highest BCUT2D eigenvalue weighted by Gasteiger charge is 1.94. The lowest BCUT2D eigenvalue weighted by Gasteiger charge is -1.93. The molecule has 0 saturated carbocycles. The van der Waals surface area contributed by atoms with Crippen molar-refractivity contribution in [2.75, 3.05) is 7.11 Å². The minimum absolute atomic E-state index is 0.389. The molecule has 0 atom stereocenters. The zero-order valence-corrected chi connectivity index (χ0v) is 6.82. The molecule has 0 aliphatic carbocycles. The predicted octanol–water partition coefficient (Wildman–Crippen LogP) is 1.78. The maximum absolute atomic E-state index is 5.49. The average molecular weight is 177 g/mol. The monoisotopic (exact) mass is 176 g/mol. The van der Waals surface area contributed by atoms with E-state index in [-0.39, 0.29) is 0 Å². The van der Waals surface area contributed by atoms with Crippen LogP contribution >= 0.6 is 23.6 Å². The minimum atomic E-state index is 0.389. The summed E-state index contributed by atoms with van der Waals surface area (Å²) in [5.74, 6) is 0. The molecule has 5 heteroatoms. The quantitative estimate of drug-likeness (QED) is 0.644. The van der Waals surface area contributed by atoms with Gasteiger partial charge in [-0.2, -0.15) is 0 Å². The molecule has 0 unspecified atom stereocenters. The first-order chi connectivity index (χ1) is 4.83. The molecule has 0 saturated heterocycles. The first kappa shape index (κ1) is 7.78. The number of hydrogen-bond donors (Lipinski definition) is 0. The van der Waals surface area contributed by atoms with Crippen molar-refractivity contribution in [1.29, 1.82) is 0 Å². The summed E-state index contributed by atoms with van der Waals surface area (Å²) in [6.45, 7) is 0. The minimum Gasteiger partial charge on any atom is -0.312 e. The van der Waals surface area contributed by atoms with Gasteiger partial charge >= 0.3 is 0 Å². The van der Waals surface area contributed by atoms with Crippen LogP contribution in [0.5, 0.6) is 0 Å². The standard InChI is InChI=1S/C5H5ClN2OS/c1-9-10-5-3-2-4(6)7-8-5/h2-3H,1H3. The first-order valence-corrected chi connectivity index (χ1v) is 3.65. The van der Waals surface area contributed by atoms with E-state index >= 15 is 0 Å². The number of halogens is 1. The summed E-state index contributed by atoms with van der Waals surface area (Å²) in [6, 6.07) is 3.40. The summed E-state index contributed by atoms with van der Waals surface area (Å²) in [5, 5.41) is 8.43. The Morgan fingerprint density at radius 1 is 1.50 bits per heavy atom. The van der Waals surface area contributed by atoms with E-state index in [1.54, 1.807) is 19.2 Å². The summed E-state index contributed by atoms with van der Waals surface area (Å²) in [7, 11) is 1.57. The van der Waals surface area contributed by atoms with Crippen LogP contribution in [-0.2, 0) is 4.18 Å². The highest BCUT2D eigenvalue weighted by Crippen LogP contribution is 2.14. The Labute approximate surface area is 68.0 Å². The average Bonchev–Trinajstić information content (AvgIpc) is 1.95. The van der Waals surface area contributed by atoms with E-state index in [1.165, 1.54) is 0 Å². The second-order valence-corrected chi connectivity index (χ2v) is 2.75. The third kappa shape index (κ3) is 2.13. The zero-order chi connectivity index (χ0) is 7.40. The molecule has 1 heterocycles. The van der Waals surface area contributed by atoms with E-state index < -0.39 is 0 Å². The van der Waals surface area contributed by atoms with Crippen molar-refractivity contribution in [3.63, 3.8) is 0 Å². The third-order valence-electron chi connectivity index (χ3n) is 0.776. The van der Waals surface area contributed by atoms with Gasteiger partial charge in [0.05, 0.1) is 19.2 Å². The lowest BCUT2D eigenvalue weighted by atomic mass is 10.6. The smallest absolute Gasteiger partial charge is 0.151 e. The second kappa shape index (κ2) is 3.75. The van der Waals surface area contributed by atoms with Gasteiger partial charge in [-0.15, -0.1) is 10.2 Å². The number of rotatable bonds is 2. The van der Waals surface area contributed by atoms with Crippen LogP contribution in [0.1, 0.15) is 0 Å². The van der Waals surface area contributed by atoms with Crippen molar-refractivity contribution >= 4 is 23.6 Å². The van der Waals surface area contributed by atoms with E-state index in [0.717, 1.165) is 12.0 Å². The zero-order valence-electron chi connectivity index (χ0n) is 5.24. The molecule has 0 spiro atoms. The van der Waals surface area contributed by atoms with Crippen molar-refractivity contribution in [3.8, 4) is 0 Å². The van der Waals surface area contributed by atoms with Crippen molar-refractivity contribution < 1.29 is 4.18 Å². The van der Waals surface area contributed by atoms with Gasteiger partial charge in [-0.1, -0.05) is 11.6 Å². The molecule has 0 amide bonds. The molecule has 0 aliphatic heterocycles. The SMILES string of the molecule is COSc1ccc(Cl)nn1. The Morgan fingerprint density at radius 3 is 2.80 bits per heavy atom. The molecule has 10 heavy (non-hydrogen) atoms. The molecular formula is C5H5ClN2OS.